The third-order valence-corrected chi connectivity index (χ3v) is 8.91. The van der Waals surface area contributed by atoms with E-state index in [0.717, 1.165) is 46.5 Å². The Morgan fingerprint density at radius 3 is 2.46 bits per heavy atom. The van der Waals surface area contributed by atoms with Crippen molar-refractivity contribution in [1.29, 1.82) is 0 Å². The van der Waals surface area contributed by atoms with Gasteiger partial charge in [-0.05, 0) is 75.5 Å². The van der Waals surface area contributed by atoms with Crippen LogP contribution in [0.1, 0.15) is 36.5 Å². The summed E-state index contributed by atoms with van der Waals surface area (Å²) < 4.78 is 15.0. The van der Waals surface area contributed by atoms with Crippen molar-refractivity contribution >= 4 is 29.3 Å². The van der Waals surface area contributed by atoms with Crippen LogP contribution in [0.2, 0.25) is 0 Å². The van der Waals surface area contributed by atoms with Crippen molar-refractivity contribution in [3.05, 3.63) is 83.4 Å². The highest BCUT2D eigenvalue weighted by molar-refractivity contribution is 8.02. The van der Waals surface area contributed by atoms with E-state index in [1.54, 1.807) is 26.0 Å². The molecule has 0 fully saturated rings. The van der Waals surface area contributed by atoms with Gasteiger partial charge in [0.15, 0.2) is 11.5 Å². The monoisotopic (exact) mass is 576 g/mol. The van der Waals surface area contributed by atoms with E-state index in [9.17, 15) is 9.59 Å². The van der Waals surface area contributed by atoms with Crippen LogP contribution >= 0.6 is 11.8 Å². The summed E-state index contributed by atoms with van der Waals surface area (Å²) in [7, 11) is 5.21. The fraction of sp³-hybridized carbons (Fsp3) is 0.394. The largest absolute Gasteiger partial charge is 0.493 e. The molecule has 218 valence electrons. The van der Waals surface area contributed by atoms with Crippen LogP contribution in [0.3, 0.4) is 0 Å². The van der Waals surface area contributed by atoms with Crippen molar-refractivity contribution in [2.75, 3.05) is 39.3 Å². The number of para-hydroxylation sites is 1. The Kier molecular flexibility index (Phi) is 10.3. The maximum atomic E-state index is 14.4. The highest BCUT2D eigenvalue weighted by Crippen LogP contribution is 2.48. The molecular formula is C33H40N2O5S. The lowest BCUT2D eigenvalue weighted by atomic mass is 9.94. The predicted octanol–water partition coefficient (Wildman–Crippen LogP) is 5.61. The molecule has 1 N–H and O–H groups in total. The minimum absolute atomic E-state index is 0.159. The number of hydrogen-bond acceptors (Lipinski definition) is 7. The van der Waals surface area contributed by atoms with E-state index in [-0.39, 0.29) is 25.0 Å². The number of aryl methyl sites for hydroxylation is 2. The Balaban J connectivity index is 1.57. The molecule has 1 aliphatic heterocycles. The first-order valence-corrected chi connectivity index (χ1v) is 14.9. The number of fused-ring (bicyclic) bond motifs is 1. The van der Waals surface area contributed by atoms with Crippen molar-refractivity contribution in [3.63, 3.8) is 0 Å². The zero-order valence-corrected chi connectivity index (χ0v) is 25.4. The van der Waals surface area contributed by atoms with Gasteiger partial charge in [-0.25, -0.2) is 4.79 Å². The van der Waals surface area contributed by atoms with E-state index in [1.807, 2.05) is 74.6 Å². The van der Waals surface area contributed by atoms with E-state index in [0.29, 0.717) is 18.0 Å². The number of nitrogens with zero attached hydrogens (tertiary/aromatic N) is 1. The number of thioether (sulfide) groups is 1. The lowest BCUT2D eigenvalue weighted by Crippen LogP contribution is -2.57. The average Bonchev–Trinajstić information content (AvgIpc) is 2.98. The summed E-state index contributed by atoms with van der Waals surface area (Å²) in [6.07, 6.45) is 2.69. The smallest absolute Gasteiger partial charge is 0.332 e. The van der Waals surface area contributed by atoms with Gasteiger partial charge < -0.3 is 24.4 Å². The third-order valence-electron chi connectivity index (χ3n) is 7.51. The van der Waals surface area contributed by atoms with E-state index in [1.165, 1.54) is 11.8 Å². The summed E-state index contributed by atoms with van der Waals surface area (Å²) in [5.74, 6) is 0.700. The van der Waals surface area contributed by atoms with Crippen LogP contribution in [0, 0.1) is 6.92 Å². The first-order chi connectivity index (χ1) is 19.8. The normalized spacial score (nSPS) is 17.1. The summed E-state index contributed by atoms with van der Waals surface area (Å²) >= 11 is 1.32. The number of anilines is 1. The van der Waals surface area contributed by atoms with Crippen LogP contribution in [0.25, 0.3) is 0 Å². The first-order valence-electron chi connectivity index (χ1n) is 14.1. The molecule has 3 aromatic carbocycles. The molecule has 8 heteroatoms. The molecule has 2 atom stereocenters. The van der Waals surface area contributed by atoms with Gasteiger partial charge in [-0.2, -0.15) is 0 Å². The molecule has 1 heterocycles. The second-order valence-corrected chi connectivity index (χ2v) is 11.6. The van der Waals surface area contributed by atoms with Gasteiger partial charge in [0.2, 0.25) is 4.75 Å². The molecule has 0 aromatic heterocycles. The molecule has 0 saturated carbocycles. The Labute approximate surface area is 247 Å². The molecule has 0 saturated heterocycles. The number of carbonyl (C=O) groups is 2. The van der Waals surface area contributed by atoms with Crippen LogP contribution in [0.4, 0.5) is 5.69 Å². The van der Waals surface area contributed by atoms with Crippen LogP contribution in [-0.2, 0) is 27.2 Å². The van der Waals surface area contributed by atoms with E-state index in [2.05, 4.69) is 11.4 Å². The Hall–Kier alpha value is -3.49. The molecule has 2 unspecified atom stereocenters. The first kappa shape index (κ1) is 30.5. The summed E-state index contributed by atoms with van der Waals surface area (Å²) in [5, 5.41) is 3.42. The number of amides is 1. The summed E-state index contributed by atoms with van der Waals surface area (Å²) in [6, 6.07) is 21.9. The molecule has 1 amide bonds. The zero-order valence-electron chi connectivity index (χ0n) is 24.6. The van der Waals surface area contributed by atoms with Crippen LogP contribution in [0.15, 0.2) is 71.6 Å². The maximum absolute atomic E-state index is 14.4. The molecule has 3 aromatic rings. The van der Waals surface area contributed by atoms with Gasteiger partial charge in [0.25, 0.3) is 5.91 Å². The number of hydrogen-bond donors (Lipinski definition) is 1. The predicted molar refractivity (Wildman–Crippen MR) is 164 cm³/mol. The lowest BCUT2D eigenvalue weighted by Gasteiger charge is -2.40. The minimum atomic E-state index is -1.40. The minimum Gasteiger partial charge on any atom is -0.493 e. The number of carbonyl (C=O) groups excluding carboxylic acids is 2. The summed E-state index contributed by atoms with van der Waals surface area (Å²) in [4.78, 5) is 30.7. The summed E-state index contributed by atoms with van der Waals surface area (Å²) in [5.41, 5.74) is 4.00. The number of ether oxygens (including phenoxy) is 3. The maximum Gasteiger partial charge on any atom is 0.332 e. The van der Waals surface area contributed by atoms with E-state index >= 15 is 0 Å². The second kappa shape index (κ2) is 13.9. The SMILES string of the molecule is CCOC(=O)C1(Cc2cccc(C)c2)Sc2ccccc2N(CCC(CCc2ccc(OC)c(OC)c2)NC)C1=O. The van der Waals surface area contributed by atoms with E-state index < -0.39 is 10.7 Å². The number of methoxy groups -OCH3 is 2. The standard InChI is InChI=1S/C33H40N2O5S/c1-6-40-32(37)33(22-25-11-9-10-23(2)20-25)31(36)35(27-12-7-8-13-30(27)41-33)19-18-26(34-3)16-14-24-15-17-28(38-4)29(21-24)39-5/h7-13,15,17,20-21,26,34H,6,14,16,18-19,22H2,1-5H3. The molecule has 1 aliphatic rings. The average molecular weight is 577 g/mol. The zero-order chi connectivity index (χ0) is 29.4. The number of esters is 1. The van der Waals surface area contributed by atoms with Crippen LogP contribution < -0.4 is 19.7 Å². The van der Waals surface area contributed by atoms with Crippen molar-refractivity contribution in [1.82, 2.24) is 5.32 Å². The van der Waals surface area contributed by atoms with Gasteiger partial charge >= 0.3 is 5.97 Å². The van der Waals surface area contributed by atoms with Crippen molar-refractivity contribution in [3.8, 4) is 11.5 Å². The van der Waals surface area contributed by atoms with Gasteiger partial charge in [0.1, 0.15) is 0 Å². The topological polar surface area (TPSA) is 77.1 Å². The van der Waals surface area contributed by atoms with Gasteiger partial charge in [-0.3, -0.25) is 4.79 Å². The third kappa shape index (κ3) is 6.88. The fourth-order valence-electron chi connectivity index (χ4n) is 5.31. The Bertz CT molecular complexity index is 1360. The molecular weight excluding hydrogens is 536 g/mol. The van der Waals surface area contributed by atoms with Gasteiger partial charge in [0.05, 0.1) is 26.5 Å². The molecule has 0 bridgehead atoms. The fourth-order valence-corrected chi connectivity index (χ4v) is 6.70. The molecule has 0 radical (unpaired) electrons. The highest BCUT2D eigenvalue weighted by Gasteiger charge is 2.54. The highest BCUT2D eigenvalue weighted by atomic mass is 32.2. The van der Waals surface area contributed by atoms with Crippen LogP contribution in [0.5, 0.6) is 11.5 Å². The van der Waals surface area contributed by atoms with E-state index in [4.69, 9.17) is 14.2 Å². The molecule has 41 heavy (non-hydrogen) atoms. The van der Waals surface area contributed by atoms with Crippen molar-refractivity contribution in [2.24, 2.45) is 0 Å². The van der Waals surface area contributed by atoms with Gasteiger partial charge in [-0.1, -0.05) is 59.8 Å². The second-order valence-electron chi connectivity index (χ2n) is 10.2. The summed E-state index contributed by atoms with van der Waals surface area (Å²) in [6.45, 7) is 4.47. The molecule has 0 aliphatic carbocycles. The van der Waals surface area contributed by atoms with Crippen LogP contribution in [-0.4, -0.2) is 57.1 Å². The Morgan fingerprint density at radius 2 is 1.76 bits per heavy atom. The van der Waals surface area contributed by atoms with Gasteiger partial charge in [0, 0.05) is 23.9 Å². The number of nitrogens with one attached hydrogen (secondary N) is 1. The number of rotatable bonds is 13. The quantitative estimate of drug-likeness (QED) is 0.210. The number of benzene rings is 3. The van der Waals surface area contributed by atoms with Crippen molar-refractivity contribution in [2.45, 2.75) is 55.2 Å². The molecule has 7 nitrogen and oxygen atoms in total. The van der Waals surface area contributed by atoms with Crippen molar-refractivity contribution < 1.29 is 23.8 Å². The molecule has 4 rings (SSSR count). The Morgan fingerprint density at radius 1 is 0.976 bits per heavy atom. The lowest BCUT2D eigenvalue weighted by molar-refractivity contribution is -0.149. The van der Waals surface area contributed by atoms with Gasteiger partial charge in [-0.15, -0.1) is 0 Å². The molecule has 0 spiro atoms.